The lowest BCUT2D eigenvalue weighted by Crippen LogP contribution is -2.51. The zero-order chi connectivity index (χ0) is 19.9. The third-order valence-electron chi connectivity index (χ3n) is 5.07. The van der Waals surface area contributed by atoms with Crippen molar-refractivity contribution < 1.29 is 24.2 Å². The Balaban J connectivity index is 1.46. The van der Waals surface area contributed by atoms with Crippen LogP contribution in [0, 0.1) is 0 Å². The topological polar surface area (TPSA) is 110 Å². The maximum Gasteiger partial charge on any atom is 0.405 e. The highest BCUT2D eigenvalue weighted by Gasteiger charge is 2.52. The Kier molecular flexibility index (Phi) is 4.14. The Bertz CT molecular complexity index is 935. The zero-order valence-corrected chi connectivity index (χ0v) is 15.6. The van der Waals surface area contributed by atoms with E-state index in [-0.39, 0.29) is 5.41 Å². The number of pyridine rings is 1. The van der Waals surface area contributed by atoms with Crippen LogP contribution in [0.2, 0.25) is 0 Å². The molecular weight excluding hydrogens is 362 g/mol. The summed E-state index contributed by atoms with van der Waals surface area (Å²) in [5.74, 6) is 1.52. The van der Waals surface area contributed by atoms with Gasteiger partial charge in [-0.05, 0) is 44.9 Å². The average molecular weight is 383 g/mol. The molecule has 0 radical (unpaired) electrons. The van der Waals surface area contributed by atoms with Crippen LogP contribution in [0.25, 0.3) is 0 Å². The van der Waals surface area contributed by atoms with Gasteiger partial charge in [0.05, 0.1) is 18.5 Å². The van der Waals surface area contributed by atoms with E-state index >= 15 is 0 Å². The molecule has 146 valence electrons. The molecule has 1 aliphatic carbocycles. The maximum absolute atomic E-state index is 12.2. The minimum atomic E-state index is -1.27. The molecule has 1 fully saturated rings. The molecule has 2 aliphatic rings. The first-order chi connectivity index (χ1) is 13.3. The van der Waals surface area contributed by atoms with Gasteiger partial charge in [0.1, 0.15) is 17.0 Å². The summed E-state index contributed by atoms with van der Waals surface area (Å²) in [5.41, 5.74) is 0.362. The molecule has 1 aromatic heterocycles. The molecule has 4 rings (SSSR count). The van der Waals surface area contributed by atoms with Gasteiger partial charge in [-0.2, -0.15) is 0 Å². The van der Waals surface area contributed by atoms with Crippen LogP contribution in [-0.2, 0) is 10.2 Å². The normalized spacial score (nSPS) is 16.1. The van der Waals surface area contributed by atoms with Gasteiger partial charge in [0, 0.05) is 17.0 Å². The fourth-order valence-corrected chi connectivity index (χ4v) is 3.31. The summed E-state index contributed by atoms with van der Waals surface area (Å²) in [6, 6.07) is 9.06. The standard InChI is InChI=1S/C20H21N3O5/c1-19(2,23-18(25)26)17(24)22-12-6-7-15(21-10-12)28-14-5-3-4-13-16(14)20(8-9-20)11-27-13/h3-7,10,23H,8-9,11H2,1-2H3,(H,22,24)(H,25,26). The molecule has 2 heterocycles. The number of ether oxygens (including phenoxy) is 2. The second-order valence-electron chi connectivity index (χ2n) is 7.69. The highest BCUT2D eigenvalue weighted by molar-refractivity contribution is 5.99. The molecule has 2 amide bonds. The highest BCUT2D eigenvalue weighted by atomic mass is 16.5. The molecule has 1 aliphatic heterocycles. The first kappa shape index (κ1) is 18.1. The minimum absolute atomic E-state index is 0.0859. The number of carbonyl (C=O) groups is 2. The fourth-order valence-electron chi connectivity index (χ4n) is 3.31. The number of fused-ring (bicyclic) bond motifs is 2. The largest absolute Gasteiger partial charge is 0.492 e. The van der Waals surface area contributed by atoms with Crippen LogP contribution < -0.4 is 20.1 Å². The van der Waals surface area contributed by atoms with Gasteiger partial charge in [-0.3, -0.25) is 4.79 Å². The predicted molar refractivity (Wildman–Crippen MR) is 101 cm³/mol. The van der Waals surface area contributed by atoms with Gasteiger partial charge in [-0.1, -0.05) is 6.07 Å². The van der Waals surface area contributed by atoms with Crippen molar-refractivity contribution in [2.45, 2.75) is 37.6 Å². The number of rotatable bonds is 5. The fraction of sp³-hybridized carbons (Fsp3) is 0.350. The van der Waals surface area contributed by atoms with Gasteiger partial charge in [0.25, 0.3) is 0 Å². The van der Waals surface area contributed by atoms with Crippen LogP contribution in [0.5, 0.6) is 17.4 Å². The zero-order valence-electron chi connectivity index (χ0n) is 15.6. The number of anilines is 1. The Morgan fingerprint density at radius 2 is 2.04 bits per heavy atom. The lowest BCUT2D eigenvalue weighted by atomic mass is 9.97. The predicted octanol–water partition coefficient (Wildman–Crippen LogP) is 3.28. The molecule has 3 N–H and O–H groups in total. The van der Waals surface area contributed by atoms with E-state index in [0.717, 1.165) is 29.9 Å². The summed E-state index contributed by atoms with van der Waals surface area (Å²) in [7, 11) is 0. The van der Waals surface area contributed by atoms with E-state index < -0.39 is 17.5 Å². The highest BCUT2D eigenvalue weighted by Crippen LogP contribution is 2.58. The number of benzene rings is 1. The number of hydrogen-bond acceptors (Lipinski definition) is 5. The van der Waals surface area contributed by atoms with Crippen molar-refractivity contribution in [3.63, 3.8) is 0 Å². The maximum atomic E-state index is 12.2. The van der Waals surface area contributed by atoms with E-state index in [2.05, 4.69) is 15.6 Å². The summed E-state index contributed by atoms with van der Waals surface area (Å²) in [5, 5.41) is 13.6. The van der Waals surface area contributed by atoms with Crippen LogP contribution in [0.4, 0.5) is 10.5 Å². The van der Waals surface area contributed by atoms with Crippen molar-refractivity contribution in [2.75, 3.05) is 11.9 Å². The van der Waals surface area contributed by atoms with E-state index in [9.17, 15) is 9.59 Å². The minimum Gasteiger partial charge on any atom is -0.492 e. The molecule has 8 nitrogen and oxygen atoms in total. The van der Waals surface area contributed by atoms with Crippen molar-refractivity contribution in [3.05, 3.63) is 42.1 Å². The molecular formula is C20H21N3O5. The van der Waals surface area contributed by atoms with Crippen molar-refractivity contribution in [1.82, 2.24) is 10.3 Å². The Morgan fingerprint density at radius 1 is 1.25 bits per heavy atom. The molecule has 28 heavy (non-hydrogen) atoms. The SMILES string of the molecule is CC(C)(NC(=O)O)C(=O)Nc1ccc(Oc2cccc3c2C2(CC2)CO3)nc1. The quantitative estimate of drug-likeness (QED) is 0.731. The van der Waals surface area contributed by atoms with Gasteiger partial charge in [-0.25, -0.2) is 9.78 Å². The lowest BCUT2D eigenvalue weighted by molar-refractivity contribution is -0.121. The van der Waals surface area contributed by atoms with Crippen molar-refractivity contribution in [2.24, 2.45) is 0 Å². The second-order valence-corrected chi connectivity index (χ2v) is 7.69. The van der Waals surface area contributed by atoms with Gasteiger partial charge < -0.3 is 25.2 Å². The van der Waals surface area contributed by atoms with E-state index in [4.69, 9.17) is 14.6 Å². The van der Waals surface area contributed by atoms with Gasteiger partial charge in [0.2, 0.25) is 11.8 Å². The monoisotopic (exact) mass is 383 g/mol. The van der Waals surface area contributed by atoms with E-state index in [1.807, 2.05) is 18.2 Å². The van der Waals surface area contributed by atoms with E-state index in [0.29, 0.717) is 18.2 Å². The van der Waals surface area contributed by atoms with Crippen molar-refractivity contribution in [1.29, 1.82) is 0 Å². The number of carboxylic acid groups (broad SMARTS) is 1. The molecule has 0 atom stereocenters. The van der Waals surface area contributed by atoms with Crippen molar-refractivity contribution >= 4 is 17.7 Å². The molecule has 0 saturated heterocycles. The number of aromatic nitrogens is 1. The van der Waals surface area contributed by atoms with Crippen LogP contribution in [0.3, 0.4) is 0 Å². The number of nitrogens with one attached hydrogen (secondary N) is 2. The molecule has 2 aromatic rings. The van der Waals surface area contributed by atoms with Gasteiger partial charge in [-0.15, -0.1) is 0 Å². The van der Waals surface area contributed by atoms with Crippen LogP contribution >= 0.6 is 0 Å². The summed E-state index contributed by atoms with van der Waals surface area (Å²) in [4.78, 5) is 27.3. The summed E-state index contributed by atoms with van der Waals surface area (Å²) in [6.07, 6.45) is 2.39. The molecule has 8 heteroatoms. The lowest BCUT2D eigenvalue weighted by Gasteiger charge is -2.23. The van der Waals surface area contributed by atoms with Gasteiger partial charge in [0.15, 0.2) is 0 Å². The number of hydrogen-bond donors (Lipinski definition) is 3. The number of carbonyl (C=O) groups excluding carboxylic acids is 1. The number of amides is 2. The summed E-state index contributed by atoms with van der Waals surface area (Å²) >= 11 is 0. The van der Waals surface area contributed by atoms with E-state index in [1.165, 1.54) is 20.0 Å². The first-order valence-electron chi connectivity index (χ1n) is 9.02. The van der Waals surface area contributed by atoms with Gasteiger partial charge >= 0.3 is 6.09 Å². The Hall–Kier alpha value is -3.29. The summed E-state index contributed by atoms with van der Waals surface area (Å²) < 4.78 is 11.8. The van der Waals surface area contributed by atoms with E-state index in [1.54, 1.807) is 12.1 Å². The third kappa shape index (κ3) is 3.33. The molecule has 0 bridgehead atoms. The van der Waals surface area contributed by atoms with Crippen LogP contribution in [0.1, 0.15) is 32.3 Å². The average Bonchev–Trinajstić information content (AvgIpc) is 3.31. The molecule has 1 spiro atoms. The molecule has 1 saturated carbocycles. The smallest absolute Gasteiger partial charge is 0.405 e. The second kappa shape index (κ2) is 6.40. The molecule has 1 aromatic carbocycles. The number of nitrogens with zero attached hydrogens (tertiary/aromatic N) is 1. The summed E-state index contributed by atoms with van der Waals surface area (Å²) in [6.45, 7) is 3.65. The Labute approximate surface area is 161 Å². The first-order valence-corrected chi connectivity index (χ1v) is 9.02. The van der Waals surface area contributed by atoms with Crippen LogP contribution in [-0.4, -0.2) is 34.2 Å². The molecule has 0 unspecified atom stereocenters. The van der Waals surface area contributed by atoms with Crippen molar-refractivity contribution in [3.8, 4) is 17.4 Å². The van der Waals surface area contributed by atoms with Crippen LogP contribution in [0.15, 0.2) is 36.5 Å². The Morgan fingerprint density at radius 3 is 2.68 bits per heavy atom. The third-order valence-corrected chi connectivity index (χ3v) is 5.07.